The van der Waals surface area contributed by atoms with E-state index in [1.54, 1.807) is 12.4 Å². The van der Waals surface area contributed by atoms with Crippen LogP contribution in [0.4, 0.5) is 5.82 Å². The van der Waals surface area contributed by atoms with Crippen molar-refractivity contribution in [2.45, 2.75) is 32.6 Å². The second-order valence-electron chi connectivity index (χ2n) is 7.12. The van der Waals surface area contributed by atoms with Crippen LogP contribution in [0, 0.1) is 5.92 Å². The van der Waals surface area contributed by atoms with Gasteiger partial charge in [-0.1, -0.05) is 20.8 Å². The molecule has 3 heterocycles. The summed E-state index contributed by atoms with van der Waals surface area (Å²) in [5.74, 6) is 2.37. The molecule has 2 aromatic rings. The van der Waals surface area contributed by atoms with Crippen molar-refractivity contribution in [1.29, 1.82) is 0 Å². The quantitative estimate of drug-likeness (QED) is 0.868. The summed E-state index contributed by atoms with van der Waals surface area (Å²) in [4.78, 5) is 6.29. The molecule has 0 bridgehead atoms. The lowest BCUT2D eigenvalue weighted by Gasteiger charge is -2.20. The van der Waals surface area contributed by atoms with E-state index in [4.69, 9.17) is 4.74 Å². The fourth-order valence-electron chi connectivity index (χ4n) is 2.72. The predicted molar refractivity (Wildman–Crippen MR) is 90.8 cm³/mol. The third kappa shape index (κ3) is 3.97. The van der Waals surface area contributed by atoms with E-state index in [0.29, 0.717) is 5.92 Å². The maximum absolute atomic E-state index is 5.84. The molecule has 1 aliphatic rings. The highest BCUT2D eigenvalue weighted by Crippen LogP contribution is 2.25. The number of pyridine rings is 1. The Hall–Kier alpha value is -2.17. The maximum Gasteiger partial charge on any atom is 0.151 e. The molecule has 0 saturated carbocycles. The van der Waals surface area contributed by atoms with Crippen molar-refractivity contribution in [3.8, 4) is 5.75 Å². The van der Waals surface area contributed by atoms with Crippen LogP contribution >= 0.6 is 0 Å². The van der Waals surface area contributed by atoms with E-state index in [2.05, 4.69) is 53.0 Å². The lowest BCUT2D eigenvalue weighted by atomic mass is 9.92. The van der Waals surface area contributed by atoms with E-state index in [-0.39, 0.29) is 5.41 Å². The van der Waals surface area contributed by atoms with Crippen LogP contribution < -0.4 is 9.64 Å². The van der Waals surface area contributed by atoms with Gasteiger partial charge in [-0.15, -0.1) is 5.10 Å². The molecule has 1 atom stereocenters. The van der Waals surface area contributed by atoms with Gasteiger partial charge in [0, 0.05) is 36.8 Å². The Morgan fingerprint density at radius 1 is 1.13 bits per heavy atom. The van der Waals surface area contributed by atoms with Crippen molar-refractivity contribution in [2.24, 2.45) is 5.92 Å². The van der Waals surface area contributed by atoms with Gasteiger partial charge < -0.3 is 9.64 Å². The Balaban J connectivity index is 1.55. The van der Waals surface area contributed by atoms with Gasteiger partial charge in [0.25, 0.3) is 0 Å². The molecule has 0 aromatic carbocycles. The van der Waals surface area contributed by atoms with Crippen LogP contribution in [0.5, 0.6) is 5.75 Å². The molecule has 122 valence electrons. The van der Waals surface area contributed by atoms with Gasteiger partial charge in [-0.25, -0.2) is 0 Å². The highest BCUT2D eigenvalue weighted by molar-refractivity contribution is 5.39. The van der Waals surface area contributed by atoms with Crippen LogP contribution in [0.15, 0.2) is 36.7 Å². The lowest BCUT2D eigenvalue weighted by Crippen LogP contribution is -2.24. The molecule has 0 aliphatic carbocycles. The molecule has 1 aliphatic heterocycles. The van der Waals surface area contributed by atoms with Crippen molar-refractivity contribution < 1.29 is 4.74 Å². The van der Waals surface area contributed by atoms with Gasteiger partial charge in [0.2, 0.25) is 0 Å². The minimum Gasteiger partial charge on any atom is -0.493 e. The summed E-state index contributed by atoms with van der Waals surface area (Å²) in [6.07, 6.45) is 4.62. The Kier molecular flexibility index (Phi) is 4.46. The number of aromatic nitrogens is 3. The third-order valence-electron chi connectivity index (χ3n) is 4.16. The normalized spacial score (nSPS) is 18.2. The third-order valence-corrected chi connectivity index (χ3v) is 4.16. The summed E-state index contributed by atoms with van der Waals surface area (Å²) in [7, 11) is 0. The summed E-state index contributed by atoms with van der Waals surface area (Å²) >= 11 is 0. The molecule has 0 N–H and O–H groups in total. The molecule has 5 heteroatoms. The predicted octanol–water partition coefficient (Wildman–Crippen LogP) is 3.07. The summed E-state index contributed by atoms with van der Waals surface area (Å²) in [5, 5.41) is 8.79. The summed E-state index contributed by atoms with van der Waals surface area (Å²) in [6, 6.07) is 7.95. The van der Waals surface area contributed by atoms with Crippen LogP contribution in [0.3, 0.4) is 0 Å². The SMILES string of the molecule is CC(C)(C)c1ccc(N2CCC(COc3ccncc3)C2)nn1. The molecule has 1 saturated heterocycles. The number of rotatable bonds is 4. The fraction of sp³-hybridized carbons (Fsp3) is 0.500. The highest BCUT2D eigenvalue weighted by Gasteiger charge is 2.25. The number of hydrogen-bond donors (Lipinski definition) is 0. The van der Waals surface area contributed by atoms with Gasteiger partial charge >= 0.3 is 0 Å². The minimum atomic E-state index is 0.0391. The van der Waals surface area contributed by atoms with Crippen LogP contribution in [0.2, 0.25) is 0 Å². The van der Waals surface area contributed by atoms with Crippen molar-refractivity contribution >= 4 is 5.82 Å². The van der Waals surface area contributed by atoms with Gasteiger partial charge in [-0.05, 0) is 30.7 Å². The topological polar surface area (TPSA) is 51.1 Å². The molecule has 1 fully saturated rings. The molecule has 0 amide bonds. The van der Waals surface area contributed by atoms with E-state index in [1.165, 1.54) is 0 Å². The number of hydrogen-bond acceptors (Lipinski definition) is 5. The van der Waals surface area contributed by atoms with E-state index < -0.39 is 0 Å². The van der Waals surface area contributed by atoms with E-state index in [1.807, 2.05) is 12.1 Å². The number of nitrogens with zero attached hydrogens (tertiary/aromatic N) is 4. The summed E-state index contributed by atoms with van der Waals surface area (Å²) in [5.41, 5.74) is 1.07. The molecule has 3 rings (SSSR count). The van der Waals surface area contributed by atoms with Gasteiger partial charge in [-0.2, -0.15) is 5.10 Å². The molecular formula is C18H24N4O. The Morgan fingerprint density at radius 3 is 2.57 bits per heavy atom. The zero-order valence-electron chi connectivity index (χ0n) is 14.1. The summed E-state index contributed by atoms with van der Waals surface area (Å²) < 4.78 is 5.84. The van der Waals surface area contributed by atoms with E-state index in [0.717, 1.165) is 43.4 Å². The summed E-state index contributed by atoms with van der Waals surface area (Å²) in [6.45, 7) is 9.16. The molecular weight excluding hydrogens is 288 g/mol. The number of ether oxygens (including phenoxy) is 1. The van der Waals surface area contributed by atoms with Gasteiger partial charge in [0.05, 0.1) is 12.3 Å². The zero-order valence-corrected chi connectivity index (χ0v) is 14.1. The van der Waals surface area contributed by atoms with Crippen LogP contribution in [0.1, 0.15) is 32.9 Å². The molecule has 0 radical (unpaired) electrons. The maximum atomic E-state index is 5.84. The van der Waals surface area contributed by atoms with Gasteiger partial charge in [0.1, 0.15) is 5.75 Å². The zero-order chi connectivity index (χ0) is 16.3. The average molecular weight is 312 g/mol. The second-order valence-corrected chi connectivity index (χ2v) is 7.12. The first-order chi connectivity index (χ1) is 11.0. The van der Waals surface area contributed by atoms with E-state index in [9.17, 15) is 0 Å². The second kappa shape index (κ2) is 6.52. The minimum absolute atomic E-state index is 0.0391. The molecule has 23 heavy (non-hydrogen) atoms. The van der Waals surface area contributed by atoms with Gasteiger partial charge in [0.15, 0.2) is 5.82 Å². The Morgan fingerprint density at radius 2 is 1.91 bits per heavy atom. The molecule has 2 aromatic heterocycles. The van der Waals surface area contributed by atoms with Crippen molar-refractivity contribution in [3.05, 3.63) is 42.4 Å². The van der Waals surface area contributed by atoms with Crippen LogP contribution in [-0.4, -0.2) is 34.9 Å². The smallest absolute Gasteiger partial charge is 0.151 e. The Labute approximate surface area is 137 Å². The van der Waals surface area contributed by atoms with Gasteiger partial charge in [-0.3, -0.25) is 4.98 Å². The van der Waals surface area contributed by atoms with Crippen molar-refractivity contribution in [1.82, 2.24) is 15.2 Å². The average Bonchev–Trinajstić information content (AvgIpc) is 3.02. The standard InChI is InChI=1S/C18H24N4O/c1-18(2,3)16-4-5-17(21-20-16)22-11-8-14(12-22)13-23-15-6-9-19-10-7-15/h4-7,9-10,14H,8,11-13H2,1-3H3. The first kappa shape index (κ1) is 15.7. The Bertz CT molecular complexity index is 622. The van der Waals surface area contributed by atoms with Crippen LogP contribution in [0.25, 0.3) is 0 Å². The van der Waals surface area contributed by atoms with E-state index >= 15 is 0 Å². The fourth-order valence-corrected chi connectivity index (χ4v) is 2.72. The first-order valence-electron chi connectivity index (χ1n) is 8.14. The first-order valence-corrected chi connectivity index (χ1v) is 8.14. The van der Waals surface area contributed by atoms with Crippen molar-refractivity contribution in [2.75, 3.05) is 24.6 Å². The molecule has 0 spiro atoms. The molecule has 1 unspecified atom stereocenters. The van der Waals surface area contributed by atoms with Crippen LogP contribution in [-0.2, 0) is 5.41 Å². The largest absolute Gasteiger partial charge is 0.493 e. The lowest BCUT2D eigenvalue weighted by molar-refractivity contribution is 0.261. The molecule has 5 nitrogen and oxygen atoms in total. The van der Waals surface area contributed by atoms with Crippen molar-refractivity contribution in [3.63, 3.8) is 0 Å². The highest BCUT2D eigenvalue weighted by atomic mass is 16.5. The monoisotopic (exact) mass is 312 g/mol. The number of anilines is 1.